The quantitative estimate of drug-likeness (QED) is 0.594. The van der Waals surface area contributed by atoms with Crippen LogP contribution in [0.5, 0.6) is 0 Å². The second-order valence-corrected chi connectivity index (χ2v) is 6.32. The number of aromatic carboxylic acids is 1. The lowest BCUT2D eigenvalue weighted by Gasteiger charge is -2.04. The van der Waals surface area contributed by atoms with Gasteiger partial charge in [0.05, 0.1) is 5.56 Å². The zero-order valence-corrected chi connectivity index (χ0v) is 13.4. The lowest BCUT2D eigenvalue weighted by Crippen LogP contribution is -2.27. The first-order valence-corrected chi connectivity index (χ1v) is 7.83. The van der Waals surface area contributed by atoms with E-state index < -0.39 is 18.2 Å². The number of benzene rings is 1. The summed E-state index contributed by atoms with van der Waals surface area (Å²) in [5.74, 6) is -2.26. The summed E-state index contributed by atoms with van der Waals surface area (Å²) < 4.78 is 0. The van der Waals surface area contributed by atoms with Crippen LogP contribution in [0.3, 0.4) is 0 Å². The van der Waals surface area contributed by atoms with Crippen LogP contribution in [0.25, 0.3) is 0 Å². The van der Waals surface area contributed by atoms with Gasteiger partial charge in [-0.25, -0.2) is 4.79 Å². The van der Waals surface area contributed by atoms with Crippen LogP contribution in [0, 0.1) is 0 Å². The molecule has 8 heteroatoms. The Morgan fingerprint density at radius 3 is 2.39 bits per heavy atom. The van der Waals surface area contributed by atoms with Crippen molar-refractivity contribution >= 4 is 39.8 Å². The van der Waals surface area contributed by atoms with Crippen LogP contribution in [-0.4, -0.2) is 33.5 Å². The highest BCUT2D eigenvalue weighted by Gasteiger charge is 2.19. The Bertz CT molecular complexity index is 711. The van der Waals surface area contributed by atoms with Gasteiger partial charge >= 0.3 is 5.97 Å². The second kappa shape index (κ2) is 7.56. The third-order valence-corrected chi connectivity index (χ3v) is 4.42. The molecule has 1 aromatic carbocycles. The minimum absolute atomic E-state index is 0.0740. The van der Waals surface area contributed by atoms with E-state index in [4.69, 9.17) is 26.9 Å². The number of amides is 1. The Labute approximate surface area is 141 Å². The highest BCUT2D eigenvalue weighted by atomic mass is 35.5. The van der Waals surface area contributed by atoms with Crippen LogP contribution < -0.4 is 5.32 Å². The van der Waals surface area contributed by atoms with Gasteiger partial charge in [-0.15, -0.1) is 11.3 Å². The lowest BCUT2D eigenvalue weighted by atomic mass is 10.1. The molecule has 1 aromatic heterocycles. The van der Waals surface area contributed by atoms with E-state index in [1.54, 1.807) is 12.1 Å². The molecule has 0 spiro atoms. The Morgan fingerprint density at radius 1 is 1.17 bits per heavy atom. The Kier molecular flexibility index (Phi) is 5.73. The van der Waals surface area contributed by atoms with Gasteiger partial charge in [0.1, 0.15) is 5.00 Å². The number of carbonyl (C=O) groups excluding carboxylic acids is 1. The van der Waals surface area contributed by atoms with Crippen molar-refractivity contribution in [1.82, 2.24) is 0 Å². The largest absolute Gasteiger partial charge is 0.478 e. The molecule has 0 bridgehead atoms. The number of carboxylic acid groups (broad SMARTS) is 1. The van der Waals surface area contributed by atoms with Gasteiger partial charge < -0.3 is 20.6 Å². The molecule has 0 aliphatic rings. The summed E-state index contributed by atoms with van der Waals surface area (Å²) in [5, 5.41) is 29.7. The zero-order valence-electron chi connectivity index (χ0n) is 11.8. The number of carboxylic acids is 1. The second-order valence-electron chi connectivity index (χ2n) is 4.75. The number of carbonyl (C=O) groups is 2. The molecule has 1 heterocycles. The van der Waals surface area contributed by atoms with Crippen molar-refractivity contribution < 1.29 is 24.9 Å². The van der Waals surface area contributed by atoms with Crippen molar-refractivity contribution in [3.05, 3.63) is 51.4 Å². The molecule has 23 heavy (non-hydrogen) atoms. The fourth-order valence-electron chi connectivity index (χ4n) is 1.91. The van der Waals surface area contributed by atoms with Crippen LogP contribution in [0.15, 0.2) is 30.3 Å². The molecular weight excluding hydrogens is 342 g/mol. The molecule has 0 saturated carbocycles. The maximum Gasteiger partial charge on any atom is 0.338 e. The summed E-state index contributed by atoms with van der Waals surface area (Å²) in [5.41, 5.74) is 0.978. The van der Waals surface area contributed by atoms with Gasteiger partial charge in [0.25, 0.3) is 5.91 Å². The van der Waals surface area contributed by atoms with Gasteiger partial charge in [-0.05, 0) is 36.6 Å². The molecule has 0 unspecified atom stereocenters. The molecule has 0 atom stereocenters. The summed E-state index contributed by atoms with van der Waals surface area (Å²) in [6.07, 6.45) is -0.923. The lowest BCUT2D eigenvalue weighted by molar-refractivity contribution is -0.141. The third-order valence-electron chi connectivity index (χ3n) is 3.06. The maximum atomic E-state index is 11.3. The fourth-order valence-corrected chi connectivity index (χ4v) is 3.09. The van der Waals surface area contributed by atoms with E-state index in [9.17, 15) is 9.59 Å². The molecule has 4 N–H and O–H groups in total. The highest BCUT2D eigenvalue weighted by molar-refractivity contribution is 7.16. The van der Waals surface area contributed by atoms with E-state index in [0.29, 0.717) is 17.9 Å². The minimum atomic E-state index is -2.20. The Morgan fingerprint density at radius 2 is 1.83 bits per heavy atom. The molecule has 2 rings (SSSR count). The molecular formula is C15H14ClNO5S. The van der Waals surface area contributed by atoms with E-state index in [1.807, 2.05) is 12.1 Å². The van der Waals surface area contributed by atoms with Crippen molar-refractivity contribution in [2.24, 2.45) is 0 Å². The van der Waals surface area contributed by atoms with Gasteiger partial charge in [0.2, 0.25) is 6.29 Å². The summed E-state index contributed by atoms with van der Waals surface area (Å²) in [6.45, 7) is 0. The van der Waals surface area contributed by atoms with Gasteiger partial charge in [-0.2, -0.15) is 0 Å². The highest BCUT2D eigenvalue weighted by Crippen LogP contribution is 2.29. The summed E-state index contributed by atoms with van der Waals surface area (Å²) in [4.78, 5) is 23.3. The molecule has 122 valence electrons. The van der Waals surface area contributed by atoms with E-state index in [0.717, 1.165) is 21.8 Å². The molecule has 1 amide bonds. The predicted molar refractivity (Wildman–Crippen MR) is 87.0 cm³/mol. The first-order valence-electron chi connectivity index (χ1n) is 6.64. The number of hydrogen-bond donors (Lipinski definition) is 4. The van der Waals surface area contributed by atoms with Crippen LogP contribution in [-0.2, 0) is 17.6 Å². The number of halogens is 1. The van der Waals surface area contributed by atoms with Crippen LogP contribution in [0.2, 0.25) is 5.02 Å². The number of rotatable bonds is 6. The fraction of sp³-hybridized carbons (Fsp3) is 0.200. The number of hydrogen-bond acceptors (Lipinski definition) is 5. The monoisotopic (exact) mass is 355 g/mol. The summed E-state index contributed by atoms with van der Waals surface area (Å²) >= 11 is 6.91. The SMILES string of the molecule is O=C(O)c1cc(CCc2ccc(Cl)cc2)sc1NC(=O)C(O)O. The van der Waals surface area contributed by atoms with Gasteiger partial charge in [-0.1, -0.05) is 23.7 Å². The molecule has 0 fully saturated rings. The smallest absolute Gasteiger partial charge is 0.338 e. The van der Waals surface area contributed by atoms with Crippen molar-refractivity contribution in [1.29, 1.82) is 0 Å². The van der Waals surface area contributed by atoms with Gasteiger partial charge in [-0.3, -0.25) is 4.79 Å². The number of aryl methyl sites for hydroxylation is 2. The van der Waals surface area contributed by atoms with E-state index in [2.05, 4.69) is 5.32 Å². The van der Waals surface area contributed by atoms with Crippen LogP contribution >= 0.6 is 22.9 Å². The Hall–Kier alpha value is -1.93. The molecule has 0 aliphatic heterocycles. The van der Waals surface area contributed by atoms with Crippen LogP contribution in [0.1, 0.15) is 20.8 Å². The first-order chi connectivity index (χ1) is 10.9. The first kappa shape index (κ1) is 17.4. The van der Waals surface area contributed by atoms with Crippen molar-refractivity contribution in [2.45, 2.75) is 19.1 Å². The third kappa shape index (κ3) is 4.77. The average Bonchev–Trinajstić information content (AvgIpc) is 2.89. The van der Waals surface area contributed by atoms with E-state index in [1.165, 1.54) is 6.07 Å². The van der Waals surface area contributed by atoms with Crippen LogP contribution in [0.4, 0.5) is 5.00 Å². The van der Waals surface area contributed by atoms with Crippen molar-refractivity contribution in [2.75, 3.05) is 5.32 Å². The normalized spacial score (nSPS) is 10.8. The minimum Gasteiger partial charge on any atom is -0.478 e. The molecule has 2 aromatic rings. The zero-order chi connectivity index (χ0) is 17.0. The van der Waals surface area contributed by atoms with Crippen molar-refractivity contribution in [3.63, 3.8) is 0 Å². The molecule has 0 radical (unpaired) electrons. The average molecular weight is 356 g/mol. The molecule has 6 nitrogen and oxygen atoms in total. The maximum absolute atomic E-state index is 11.3. The Balaban J connectivity index is 2.11. The molecule has 0 aliphatic carbocycles. The van der Waals surface area contributed by atoms with E-state index in [-0.39, 0.29) is 10.6 Å². The number of aliphatic hydroxyl groups is 2. The van der Waals surface area contributed by atoms with Gasteiger partial charge in [0.15, 0.2) is 0 Å². The number of thiophene rings is 1. The summed E-state index contributed by atoms with van der Waals surface area (Å²) in [6, 6.07) is 8.81. The van der Waals surface area contributed by atoms with Crippen molar-refractivity contribution in [3.8, 4) is 0 Å². The van der Waals surface area contributed by atoms with Gasteiger partial charge in [0, 0.05) is 9.90 Å². The molecule has 0 saturated heterocycles. The number of anilines is 1. The number of aliphatic hydroxyl groups excluding tert-OH is 1. The summed E-state index contributed by atoms with van der Waals surface area (Å²) in [7, 11) is 0. The van der Waals surface area contributed by atoms with E-state index >= 15 is 0 Å². The number of nitrogens with one attached hydrogen (secondary N) is 1. The standard InChI is InChI=1S/C15H14ClNO5S/c16-9-4-1-8(2-5-9)3-6-10-7-11(14(19)20)13(23-10)17-12(18)15(21)22/h1-2,4-5,7,15,21-22H,3,6H2,(H,17,18)(H,19,20). The topological polar surface area (TPSA) is 107 Å². The predicted octanol–water partition coefficient (Wildman–Crippen LogP) is 2.13.